The number of hydrogen-bond donors (Lipinski definition) is 1. The van der Waals surface area contributed by atoms with Gasteiger partial charge >= 0.3 is 0 Å². The first-order chi connectivity index (χ1) is 16.3. The Bertz CT molecular complexity index is 1180. The van der Waals surface area contributed by atoms with E-state index in [1.165, 1.54) is 0 Å². The third-order valence-electron chi connectivity index (χ3n) is 5.81. The molecule has 4 rings (SSSR count). The Hall–Kier alpha value is -3.87. The zero-order valence-corrected chi connectivity index (χ0v) is 19.6. The normalized spacial score (nSPS) is 17.5. The van der Waals surface area contributed by atoms with Crippen LogP contribution in [0.3, 0.4) is 0 Å². The minimum absolute atomic E-state index is 0.0219. The Kier molecular flexibility index (Phi) is 6.82. The largest absolute Gasteiger partial charge is 0.507 e. The molecular weight excluding hydrogens is 430 g/mol. The van der Waals surface area contributed by atoms with E-state index >= 15 is 0 Å². The first-order valence-corrected chi connectivity index (χ1v) is 11.4. The van der Waals surface area contributed by atoms with Gasteiger partial charge in [-0.3, -0.25) is 9.59 Å². The summed E-state index contributed by atoms with van der Waals surface area (Å²) in [4.78, 5) is 31.8. The Morgan fingerprint density at radius 3 is 2.38 bits per heavy atom. The number of rotatable bonds is 8. The second-order valence-electron chi connectivity index (χ2n) is 8.75. The monoisotopic (exact) mass is 459 g/mol. The van der Waals surface area contributed by atoms with Gasteiger partial charge in [-0.15, -0.1) is 0 Å². The molecule has 34 heavy (non-hydrogen) atoms. The van der Waals surface area contributed by atoms with Gasteiger partial charge in [-0.2, -0.15) is 0 Å². The molecule has 0 spiro atoms. The highest BCUT2D eigenvalue weighted by Crippen LogP contribution is 2.39. The van der Waals surface area contributed by atoms with Gasteiger partial charge in [-0.1, -0.05) is 29.8 Å². The summed E-state index contributed by atoms with van der Waals surface area (Å²) in [5.41, 5.74) is 2.42. The number of amides is 1. The lowest BCUT2D eigenvalue weighted by atomic mass is 9.94. The summed E-state index contributed by atoms with van der Waals surface area (Å²) in [7, 11) is 0. The molecule has 3 aromatic rings. The number of aliphatic hydroxyl groups is 1. The maximum absolute atomic E-state index is 13.1. The quantitative estimate of drug-likeness (QED) is 0.305. The van der Waals surface area contributed by atoms with E-state index in [1.807, 2.05) is 55.8 Å². The van der Waals surface area contributed by atoms with Gasteiger partial charge in [0.05, 0.1) is 24.0 Å². The van der Waals surface area contributed by atoms with E-state index in [0.29, 0.717) is 30.8 Å². The average molecular weight is 460 g/mol. The van der Waals surface area contributed by atoms with Crippen LogP contribution in [-0.2, 0) is 16.1 Å². The van der Waals surface area contributed by atoms with Crippen molar-refractivity contribution in [1.29, 1.82) is 0 Å². The van der Waals surface area contributed by atoms with Crippen LogP contribution in [0, 0.1) is 6.92 Å². The number of hydrogen-bond acceptors (Lipinski definition) is 5. The van der Waals surface area contributed by atoms with Crippen LogP contribution in [0.1, 0.15) is 43.0 Å². The molecule has 0 unspecified atom stereocenters. The van der Waals surface area contributed by atoms with Crippen LogP contribution < -0.4 is 4.74 Å². The number of aromatic nitrogens is 2. The van der Waals surface area contributed by atoms with Crippen LogP contribution in [0.15, 0.2) is 72.8 Å². The van der Waals surface area contributed by atoms with E-state index in [-0.39, 0.29) is 17.4 Å². The molecule has 1 N–H and O–H groups in total. The fourth-order valence-electron chi connectivity index (χ4n) is 4.17. The molecule has 7 heteroatoms. The minimum Gasteiger partial charge on any atom is -0.507 e. The van der Waals surface area contributed by atoms with Crippen LogP contribution in [-0.4, -0.2) is 43.9 Å². The number of likely N-dealkylation sites (tertiary alicyclic amines) is 1. The summed E-state index contributed by atoms with van der Waals surface area (Å²) in [6.07, 6.45) is 5.95. The van der Waals surface area contributed by atoms with Crippen molar-refractivity contribution in [3.8, 4) is 5.75 Å². The fourth-order valence-corrected chi connectivity index (χ4v) is 4.17. The Balaban J connectivity index is 1.69. The van der Waals surface area contributed by atoms with Crippen molar-refractivity contribution in [2.75, 3.05) is 6.54 Å². The predicted molar refractivity (Wildman–Crippen MR) is 129 cm³/mol. The van der Waals surface area contributed by atoms with Crippen LogP contribution in [0.5, 0.6) is 5.75 Å². The van der Waals surface area contributed by atoms with Gasteiger partial charge in [-0.05, 0) is 57.0 Å². The lowest BCUT2D eigenvalue weighted by Gasteiger charge is -2.25. The second kappa shape index (κ2) is 9.95. The number of carbonyl (C=O) groups is 2. The predicted octanol–water partition coefficient (Wildman–Crippen LogP) is 4.49. The van der Waals surface area contributed by atoms with Crippen molar-refractivity contribution < 1.29 is 19.4 Å². The number of benzene rings is 2. The second-order valence-corrected chi connectivity index (χ2v) is 8.75. The van der Waals surface area contributed by atoms with Crippen LogP contribution in [0.4, 0.5) is 0 Å². The number of ether oxygens (including phenoxy) is 1. The number of ketones is 1. The Labute approximate surface area is 199 Å². The van der Waals surface area contributed by atoms with Crippen molar-refractivity contribution in [2.45, 2.75) is 45.9 Å². The maximum atomic E-state index is 13.1. The molecule has 0 bridgehead atoms. The highest BCUT2D eigenvalue weighted by atomic mass is 16.5. The van der Waals surface area contributed by atoms with Crippen molar-refractivity contribution in [3.05, 3.63) is 89.5 Å². The van der Waals surface area contributed by atoms with E-state index in [1.54, 1.807) is 41.7 Å². The molecule has 1 atom stereocenters. The molecule has 176 valence electrons. The van der Waals surface area contributed by atoms with Gasteiger partial charge in [-0.25, -0.2) is 4.98 Å². The minimum atomic E-state index is -0.673. The number of aliphatic hydroxyl groups excluding tert-OH is 1. The molecular formula is C27H29N3O4. The molecule has 2 aromatic carbocycles. The van der Waals surface area contributed by atoms with Gasteiger partial charge in [0.15, 0.2) is 0 Å². The molecule has 1 fully saturated rings. The van der Waals surface area contributed by atoms with E-state index in [0.717, 1.165) is 11.1 Å². The summed E-state index contributed by atoms with van der Waals surface area (Å²) >= 11 is 0. The van der Waals surface area contributed by atoms with E-state index in [2.05, 4.69) is 4.98 Å². The van der Waals surface area contributed by atoms with Crippen molar-refractivity contribution >= 4 is 17.4 Å². The third kappa shape index (κ3) is 4.88. The summed E-state index contributed by atoms with van der Waals surface area (Å²) < 4.78 is 7.60. The van der Waals surface area contributed by atoms with Crippen molar-refractivity contribution in [2.24, 2.45) is 0 Å². The van der Waals surface area contributed by atoms with Crippen LogP contribution in [0.25, 0.3) is 5.76 Å². The molecule has 1 aliphatic heterocycles. The maximum Gasteiger partial charge on any atom is 0.295 e. The highest BCUT2D eigenvalue weighted by Gasteiger charge is 2.45. The topological polar surface area (TPSA) is 84.7 Å². The molecule has 1 aromatic heterocycles. The lowest BCUT2D eigenvalue weighted by Crippen LogP contribution is -2.31. The number of carbonyl (C=O) groups excluding carboxylic acids is 2. The van der Waals surface area contributed by atoms with Crippen molar-refractivity contribution in [3.63, 3.8) is 0 Å². The average Bonchev–Trinajstić information content (AvgIpc) is 3.42. The Morgan fingerprint density at radius 1 is 1.06 bits per heavy atom. The first-order valence-electron chi connectivity index (χ1n) is 11.4. The number of Topliss-reactive ketones (excluding diaryl/α,β-unsaturated/α-hetero) is 1. The number of imidazole rings is 1. The summed E-state index contributed by atoms with van der Waals surface area (Å²) in [5.74, 6) is -0.788. The Morgan fingerprint density at radius 2 is 1.76 bits per heavy atom. The zero-order chi connectivity index (χ0) is 24.2. The summed E-state index contributed by atoms with van der Waals surface area (Å²) in [6, 6.07) is 13.9. The molecule has 1 aliphatic rings. The van der Waals surface area contributed by atoms with Crippen molar-refractivity contribution in [1.82, 2.24) is 14.5 Å². The zero-order valence-electron chi connectivity index (χ0n) is 19.6. The van der Waals surface area contributed by atoms with Gasteiger partial charge < -0.3 is 19.3 Å². The third-order valence-corrected chi connectivity index (χ3v) is 5.81. The molecule has 7 nitrogen and oxygen atoms in total. The molecule has 2 heterocycles. The molecule has 0 aliphatic carbocycles. The number of nitrogens with zero attached hydrogens (tertiary/aromatic N) is 3. The smallest absolute Gasteiger partial charge is 0.295 e. The fraction of sp³-hybridized carbons (Fsp3) is 0.296. The van der Waals surface area contributed by atoms with Gasteiger partial charge in [0.25, 0.3) is 11.7 Å². The van der Waals surface area contributed by atoms with Gasteiger partial charge in [0.1, 0.15) is 11.5 Å². The first kappa shape index (κ1) is 23.3. The molecule has 1 amide bonds. The van der Waals surface area contributed by atoms with Crippen LogP contribution in [0.2, 0.25) is 0 Å². The molecule has 1 saturated heterocycles. The van der Waals surface area contributed by atoms with E-state index in [4.69, 9.17) is 4.74 Å². The van der Waals surface area contributed by atoms with Gasteiger partial charge in [0, 0.05) is 31.0 Å². The molecule has 0 saturated carbocycles. The number of aryl methyl sites for hydroxylation is 2. The standard InChI is InChI=1S/C27H29N3O4/c1-18(2)34-22-11-9-21(10-12-22)25(31)23-24(20-7-5-19(3)6-8-20)30(27(33)26(23)32)15-4-14-29-16-13-28-17-29/h5-13,16-18,24,31H,4,14-15H2,1-3H3/t24-/m1/s1. The summed E-state index contributed by atoms with van der Waals surface area (Å²) in [5, 5.41) is 11.2. The summed E-state index contributed by atoms with van der Waals surface area (Å²) in [6.45, 7) is 6.89. The van der Waals surface area contributed by atoms with E-state index < -0.39 is 17.7 Å². The highest BCUT2D eigenvalue weighted by molar-refractivity contribution is 6.46. The van der Waals surface area contributed by atoms with E-state index in [9.17, 15) is 14.7 Å². The lowest BCUT2D eigenvalue weighted by molar-refractivity contribution is -0.139. The van der Waals surface area contributed by atoms with Crippen LogP contribution >= 0.6 is 0 Å². The SMILES string of the molecule is Cc1ccc([C@@H]2C(=C(O)c3ccc(OC(C)C)cc3)C(=O)C(=O)N2CCCn2ccnc2)cc1. The van der Waals surface area contributed by atoms with Gasteiger partial charge in [0.2, 0.25) is 0 Å². The molecule has 0 radical (unpaired) electrons.